The van der Waals surface area contributed by atoms with Crippen LogP contribution < -0.4 is 55.7 Å². The molecule has 12 rings (SSSR count). The van der Waals surface area contributed by atoms with Gasteiger partial charge in [-0.3, -0.25) is 33.6 Å². The Bertz CT molecular complexity index is 6350. The van der Waals surface area contributed by atoms with Gasteiger partial charge in [-0.05, 0) is 264 Å². The molecule has 9 atom stereocenters. The number of hydrogen-bond donors (Lipinski definition) is 12. The molecule has 18 N–H and O–H groups in total. The maximum absolute atomic E-state index is 13.2. The van der Waals surface area contributed by atoms with E-state index in [-0.39, 0.29) is 65.9 Å². The Morgan fingerprint density at radius 3 is 0.923 bits per heavy atom. The van der Waals surface area contributed by atoms with Gasteiger partial charge in [0.2, 0.25) is 0 Å². The second-order valence-electron chi connectivity index (χ2n) is 37.4. The quantitative estimate of drug-likeness (QED) is 0.00323. The summed E-state index contributed by atoms with van der Waals surface area (Å²) in [6.07, 6.45) is 2.62. The number of amidine groups is 1. The van der Waals surface area contributed by atoms with Crippen molar-refractivity contribution in [3.8, 4) is 44.5 Å². The second-order valence-corrected chi connectivity index (χ2v) is 37.4. The molecule has 748 valence electrons. The van der Waals surface area contributed by atoms with E-state index in [2.05, 4.69) is 135 Å². The van der Waals surface area contributed by atoms with Crippen LogP contribution in [0.3, 0.4) is 0 Å². The molecule has 0 aliphatic heterocycles. The Hall–Kier alpha value is -15.4. The first-order chi connectivity index (χ1) is 68.3. The van der Waals surface area contributed by atoms with Gasteiger partial charge in [0.25, 0.3) is 23.6 Å². The number of ether oxygens (including phenoxy) is 3. The van der Waals surface area contributed by atoms with Gasteiger partial charge in [0.1, 0.15) is 6.54 Å². The highest BCUT2D eigenvalue weighted by Gasteiger charge is 2.33. The molecule has 0 bridgehead atoms. The van der Waals surface area contributed by atoms with Gasteiger partial charge < -0.3 is 89.6 Å². The number of nitrogens with zero attached hydrogens (tertiary/aromatic N) is 3. The van der Waals surface area contributed by atoms with E-state index in [9.17, 15) is 38.7 Å². The number of carbonyl (C=O) groups excluding carboxylic acids is 7. The first kappa shape index (κ1) is 111. The summed E-state index contributed by atoms with van der Waals surface area (Å²) in [4.78, 5) is 92.0. The second kappa shape index (κ2) is 54.4. The number of rotatable bonds is 40. The van der Waals surface area contributed by atoms with Crippen molar-refractivity contribution >= 4 is 64.5 Å². The number of benzene rings is 12. The first-order valence-electron chi connectivity index (χ1n) is 47.7. The van der Waals surface area contributed by atoms with Crippen molar-refractivity contribution in [3.05, 3.63) is 400 Å². The Morgan fingerprint density at radius 1 is 0.364 bits per heavy atom. The van der Waals surface area contributed by atoms with Crippen LogP contribution in [0.2, 0.25) is 0 Å². The zero-order valence-corrected chi connectivity index (χ0v) is 84.4. The topological polar surface area (TPSA) is 407 Å². The van der Waals surface area contributed by atoms with Gasteiger partial charge in [-0.25, -0.2) is 0 Å². The van der Waals surface area contributed by atoms with Gasteiger partial charge in [-0.1, -0.05) is 239 Å². The molecule has 0 saturated heterocycles. The van der Waals surface area contributed by atoms with Crippen LogP contribution in [-0.4, -0.2) is 154 Å². The molecular weight excluding hydrogens is 1790 g/mol. The Kier molecular flexibility index (Phi) is 42.3. The molecule has 12 aromatic rings. The minimum absolute atomic E-state index is 0.0268. The van der Waals surface area contributed by atoms with E-state index in [1.165, 1.54) is 32.5 Å². The number of methoxy groups -OCH3 is 3. The summed E-state index contributed by atoms with van der Waals surface area (Å²) in [6.45, 7) is 23.7. The van der Waals surface area contributed by atoms with E-state index in [1.54, 1.807) is 49.4 Å². The Morgan fingerprint density at radius 2 is 0.636 bits per heavy atom. The van der Waals surface area contributed by atoms with Gasteiger partial charge in [0.15, 0.2) is 5.84 Å². The van der Waals surface area contributed by atoms with Crippen molar-refractivity contribution in [2.45, 2.75) is 117 Å². The van der Waals surface area contributed by atoms with Crippen LogP contribution in [0.5, 0.6) is 0 Å². The van der Waals surface area contributed by atoms with Crippen molar-refractivity contribution in [2.24, 2.45) is 69.1 Å². The van der Waals surface area contributed by atoms with Gasteiger partial charge in [0.05, 0.1) is 60.2 Å². The highest BCUT2D eigenvalue weighted by molar-refractivity contribution is 5.99. The molecule has 0 saturated carbocycles. The number of oxime groups is 1. The summed E-state index contributed by atoms with van der Waals surface area (Å²) in [5.41, 5.74) is 57.9. The molecule has 4 amide bonds. The van der Waals surface area contributed by atoms with E-state index < -0.39 is 41.8 Å². The molecule has 0 aromatic heterocycles. The normalized spacial score (nSPS) is 13.0. The third kappa shape index (κ3) is 33.7. The molecule has 0 radical (unpaired) electrons. The summed E-state index contributed by atoms with van der Waals surface area (Å²) in [5.74, 6) is -3.83. The van der Waals surface area contributed by atoms with E-state index in [0.717, 1.165) is 119 Å². The van der Waals surface area contributed by atoms with Crippen LogP contribution in [0.1, 0.15) is 149 Å². The zero-order valence-electron chi connectivity index (χ0n) is 84.4. The van der Waals surface area contributed by atoms with E-state index >= 15 is 0 Å². The molecule has 0 spiro atoms. The monoisotopic (exact) mass is 1930 g/mol. The summed E-state index contributed by atoms with van der Waals surface area (Å²) in [6, 6.07) is 91.2. The average Bonchev–Trinajstić information content (AvgIpc) is 0.840. The predicted octanol–water partition coefficient (Wildman–Crippen LogP) is 16.9. The highest BCUT2D eigenvalue weighted by Crippen LogP contribution is 2.31. The fourth-order valence-electron chi connectivity index (χ4n) is 16.8. The Balaban J connectivity index is 0.000000213. The van der Waals surface area contributed by atoms with E-state index in [1.807, 2.05) is 228 Å². The number of nitrogens with one attached hydrogen (secondary N) is 4. The molecule has 9 unspecified atom stereocenters. The van der Waals surface area contributed by atoms with Crippen LogP contribution in [0, 0.1) is 29.6 Å². The Labute approximate surface area is 842 Å². The van der Waals surface area contributed by atoms with Crippen molar-refractivity contribution < 1.29 is 62.6 Å². The van der Waals surface area contributed by atoms with E-state index in [4.69, 9.17) is 53.8 Å². The third-order valence-corrected chi connectivity index (χ3v) is 25.0. The SMILES string of the molecule is C=C(N)c1cccc(CC(C(=O)OC)C(C)NC(=O)c2ccc(-c3cccc(CN(C)C)c3)cc2)c1.C=C(N)c1cccc(CC(C(=O)OC)C(C)NC(=O)c2ccc(-c3cccc(C[N+](C)(C)C)c3)cc2)c1.C=C(N)c1cccc(CC(CO)C(NC(=O)c2ccc(-c3cccc(CN)c3)cc2)C(C)CC)c1.COC(=O)C(Cc1cccc(/C(N)=N\O)c1)C(C)NC(=O)c1ccc(-c2cccc(CN)c2)cc1. The molecule has 0 aliphatic carbocycles. The lowest BCUT2D eigenvalue weighted by atomic mass is 9.83. The van der Waals surface area contributed by atoms with Crippen molar-refractivity contribution in [3.63, 3.8) is 0 Å². The highest BCUT2D eigenvalue weighted by atomic mass is 16.5. The largest absolute Gasteiger partial charge is 0.469 e. The van der Waals surface area contributed by atoms with Crippen molar-refractivity contribution in [2.75, 3.05) is 63.2 Å². The molecule has 25 heteroatoms. The first-order valence-corrected chi connectivity index (χ1v) is 47.7. The van der Waals surface area contributed by atoms with Crippen molar-refractivity contribution in [1.29, 1.82) is 0 Å². The molecule has 0 heterocycles. The van der Waals surface area contributed by atoms with Crippen molar-refractivity contribution in [1.82, 2.24) is 26.2 Å². The number of amides is 4. The minimum atomic E-state index is -0.634. The molecule has 25 nitrogen and oxygen atoms in total. The maximum Gasteiger partial charge on any atom is 0.311 e. The van der Waals surface area contributed by atoms with Gasteiger partial charge in [-0.15, -0.1) is 0 Å². The number of quaternary nitrogens is 1. The maximum atomic E-state index is 13.2. The summed E-state index contributed by atoms with van der Waals surface area (Å²) in [7, 11) is 14.6. The van der Waals surface area contributed by atoms with Crippen LogP contribution in [-0.2, 0) is 80.5 Å². The molecule has 143 heavy (non-hydrogen) atoms. The van der Waals surface area contributed by atoms with Crippen LogP contribution in [0.4, 0.5) is 0 Å². The third-order valence-electron chi connectivity index (χ3n) is 25.0. The predicted molar refractivity (Wildman–Crippen MR) is 574 cm³/mol. The summed E-state index contributed by atoms with van der Waals surface area (Å²) in [5, 5.41) is 34.3. The lowest BCUT2D eigenvalue weighted by Gasteiger charge is -2.31. The lowest BCUT2D eigenvalue weighted by Crippen LogP contribution is -2.46. The van der Waals surface area contributed by atoms with Gasteiger partial charge in [0, 0.05) is 107 Å². The van der Waals surface area contributed by atoms with Crippen LogP contribution in [0.15, 0.2) is 316 Å². The standard InChI is InChI=1S/C31H37N3O3.C30H35N3O3.C30H37N3O2.C27H30N4O4/c1-21(32)27-11-7-9-23(17-27)19-29(31(36)37-6)22(2)33-30(35)26-15-13-25(14-16-26)28-12-8-10-24(18-28)20-34(3,4)5;1-20(31)26-10-6-8-22(16-26)18-28(30(35)36-5)21(2)32-29(34)25-14-12-24(13-15-25)27-11-7-9-23(17-27)19-33(3)4;1-4-20(2)29(28(19-34)16-22-7-5-9-26(15-22)21(3)32)33-30(35)25-13-11-24(12-14-25)27-10-6-8-23(17-27)18-31;1-17(24(27(33)35-2)15-18-5-3-8-23(13-18)25(29)31-34)30-26(32)21-11-9-20(10-12-21)22-7-4-6-19(14-22)16-28/h7-18,22,29H,1,19-20,32H2,2-6H3;6-17,21,28H,1,18-19,31H2,2-5H3,(H,32,34);5-15,17,20,28-29,34H,3-4,16,18-19,31-32H2,1-2H3,(H,33,35);3-14,17,24,34H,15-16,28H2,1-2H3,(H2,29,31)(H,30,32)/p+1. The molecule has 12 aromatic carbocycles. The zero-order chi connectivity index (χ0) is 104. The lowest BCUT2D eigenvalue weighted by molar-refractivity contribution is -0.884. The summed E-state index contributed by atoms with van der Waals surface area (Å²) >= 11 is 0. The fourth-order valence-corrected chi connectivity index (χ4v) is 16.8. The number of nitrogens with two attached hydrogens (primary N) is 6. The molecule has 0 aliphatic rings. The fraction of sp³-hybridized carbons (Fsp3) is 0.271. The molecule has 0 fully saturated rings. The minimum Gasteiger partial charge on any atom is -0.469 e. The van der Waals surface area contributed by atoms with Crippen LogP contribution in [0.25, 0.3) is 61.6 Å². The number of carbonyl (C=O) groups is 7. The van der Waals surface area contributed by atoms with Crippen LogP contribution >= 0.6 is 0 Å². The average molecular weight is 1930 g/mol. The number of aliphatic hydroxyl groups excluding tert-OH is 1. The van der Waals surface area contributed by atoms with Gasteiger partial charge >= 0.3 is 17.9 Å². The number of hydrogen-bond acceptors (Lipinski definition) is 19. The number of esters is 3. The van der Waals surface area contributed by atoms with E-state index in [0.29, 0.717) is 83.7 Å². The van der Waals surface area contributed by atoms with Gasteiger partial charge in [-0.2, -0.15) is 0 Å². The molecular formula is C118H140N13O12+. The number of aliphatic hydroxyl groups is 1. The smallest absolute Gasteiger partial charge is 0.311 e. The summed E-state index contributed by atoms with van der Waals surface area (Å²) < 4.78 is 15.9.